The highest BCUT2D eigenvalue weighted by Crippen LogP contribution is 2.21. The second-order valence-corrected chi connectivity index (χ2v) is 7.47. The average molecular weight is 377 g/mol. The van der Waals surface area contributed by atoms with E-state index in [1.807, 2.05) is 6.07 Å². The monoisotopic (exact) mass is 376 g/mol. The van der Waals surface area contributed by atoms with Gasteiger partial charge in [0.25, 0.3) is 5.91 Å². The minimum atomic E-state index is -0.448. The Bertz CT molecular complexity index is 477. The Morgan fingerprint density at radius 3 is 2.62 bits per heavy atom. The van der Waals surface area contributed by atoms with Crippen LogP contribution in [0.15, 0.2) is 15.9 Å². The van der Waals surface area contributed by atoms with E-state index in [1.165, 1.54) is 11.3 Å². The molecule has 21 heavy (non-hydrogen) atoms. The summed E-state index contributed by atoms with van der Waals surface area (Å²) in [6, 6.07) is 3.46. The van der Waals surface area contributed by atoms with E-state index in [0.717, 1.165) is 10.2 Å². The van der Waals surface area contributed by atoms with Crippen molar-refractivity contribution < 1.29 is 14.3 Å². The van der Waals surface area contributed by atoms with Gasteiger partial charge in [-0.15, -0.1) is 11.3 Å². The Hall–Kier alpha value is -1.08. The van der Waals surface area contributed by atoms with Crippen LogP contribution < -0.4 is 10.6 Å². The number of halogens is 1. The fraction of sp³-hybridized carbons (Fsp3) is 0.571. The lowest BCUT2D eigenvalue weighted by atomic mass is 10.0. The van der Waals surface area contributed by atoms with Crippen LogP contribution in [0.1, 0.15) is 36.9 Å². The Labute approximate surface area is 137 Å². The average Bonchev–Trinajstić information content (AvgIpc) is 2.82. The Morgan fingerprint density at radius 1 is 1.38 bits per heavy atom. The molecule has 1 aromatic rings. The molecule has 0 saturated carbocycles. The van der Waals surface area contributed by atoms with Gasteiger partial charge in [-0.3, -0.25) is 4.79 Å². The summed E-state index contributed by atoms with van der Waals surface area (Å²) in [5, 5.41) is 5.63. The van der Waals surface area contributed by atoms with Crippen LogP contribution in [0.5, 0.6) is 0 Å². The van der Waals surface area contributed by atoms with Gasteiger partial charge < -0.3 is 15.4 Å². The maximum atomic E-state index is 12.0. The molecule has 0 radical (unpaired) electrons. The van der Waals surface area contributed by atoms with Gasteiger partial charge in [-0.2, -0.15) is 0 Å². The smallest absolute Gasteiger partial charge is 0.407 e. The summed E-state index contributed by atoms with van der Waals surface area (Å²) in [5.41, 5.74) is 0. The molecule has 0 unspecified atom stereocenters. The predicted molar refractivity (Wildman–Crippen MR) is 87.8 cm³/mol. The van der Waals surface area contributed by atoms with Crippen molar-refractivity contribution in [1.82, 2.24) is 10.6 Å². The minimum Gasteiger partial charge on any atom is -0.450 e. The highest BCUT2D eigenvalue weighted by atomic mass is 79.9. The molecule has 118 valence electrons. The summed E-state index contributed by atoms with van der Waals surface area (Å²) in [4.78, 5) is 24.1. The molecule has 1 heterocycles. The lowest BCUT2D eigenvalue weighted by Crippen LogP contribution is -2.44. The molecule has 2 amide bonds. The van der Waals surface area contributed by atoms with Crippen LogP contribution in [0.2, 0.25) is 0 Å². The van der Waals surface area contributed by atoms with Crippen molar-refractivity contribution in [1.29, 1.82) is 0 Å². The lowest BCUT2D eigenvalue weighted by molar-refractivity contribution is 0.0948. The molecule has 0 aliphatic carbocycles. The third-order valence-electron chi connectivity index (χ3n) is 2.66. The molecule has 1 atom stereocenters. The van der Waals surface area contributed by atoms with Gasteiger partial charge >= 0.3 is 6.09 Å². The molecular weight excluding hydrogens is 356 g/mol. The normalized spacial score (nSPS) is 12.0. The van der Waals surface area contributed by atoms with Gasteiger partial charge in [0.2, 0.25) is 0 Å². The van der Waals surface area contributed by atoms with Crippen molar-refractivity contribution in [2.75, 3.05) is 13.2 Å². The quantitative estimate of drug-likeness (QED) is 0.765. The first-order chi connectivity index (χ1) is 9.92. The standard InChI is InChI=1S/C14H21BrN2O3S/c1-4-20-14(19)17-10(7-9(2)3)8-16-13(18)11-5-6-12(15)21-11/h5-6,9-10H,4,7-8H2,1-3H3,(H,16,18)(H,17,19)/t10-/m0/s1. The van der Waals surface area contributed by atoms with E-state index in [0.29, 0.717) is 23.9 Å². The van der Waals surface area contributed by atoms with Crippen molar-refractivity contribution in [2.24, 2.45) is 5.92 Å². The van der Waals surface area contributed by atoms with Gasteiger partial charge in [0, 0.05) is 12.6 Å². The summed E-state index contributed by atoms with van der Waals surface area (Å²) < 4.78 is 5.79. The van der Waals surface area contributed by atoms with Crippen LogP contribution in [0.25, 0.3) is 0 Å². The predicted octanol–water partition coefficient (Wildman–Crippen LogP) is 3.40. The van der Waals surface area contributed by atoms with Crippen molar-refractivity contribution in [3.8, 4) is 0 Å². The van der Waals surface area contributed by atoms with E-state index >= 15 is 0 Å². The number of nitrogens with one attached hydrogen (secondary N) is 2. The van der Waals surface area contributed by atoms with Gasteiger partial charge in [0.15, 0.2) is 0 Å². The number of ether oxygens (including phenoxy) is 1. The van der Waals surface area contributed by atoms with Crippen molar-refractivity contribution in [2.45, 2.75) is 33.2 Å². The first kappa shape index (κ1) is 18.0. The highest BCUT2D eigenvalue weighted by molar-refractivity contribution is 9.11. The molecule has 2 N–H and O–H groups in total. The van der Waals surface area contributed by atoms with Crippen molar-refractivity contribution >= 4 is 39.3 Å². The fourth-order valence-corrected chi connectivity index (χ4v) is 3.14. The summed E-state index contributed by atoms with van der Waals surface area (Å²) in [7, 11) is 0. The third kappa shape index (κ3) is 6.95. The molecule has 7 heteroatoms. The summed E-state index contributed by atoms with van der Waals surface area (Å²) in [6.07, 6.45) is 0.323. The lowest BCUT2D eigenvalue weighted by Gasteiger charge is -2.20. The molecule has 0 bridgehead atoms. The molecule has 0 aromatic carbocycles. The largest absolute Gasteiger partial charge is 0.450 e. The van der Waals surface area contributed by atoms with Crippen LogP contribution in [0.3, 0.4) is 0 Å². The first-order valence-corrected chi connectivity index (χ1v) is 8.50. The number of hydrogen-bond acceptors (Lipinski definition) is 4. The maximum Gasteiger partial charge on any atom is 0.407 e. The molecule has 1 rings (SSSR count). The zero-order valence-electron chi connectivity index (χ0n) is 12.4. The van der Waals surface area contributed by atoms with Crippen molar-refractivity contribution in [3.63, 3.8) is 0 Å². The van der Waals surface area contributed by atoms with Crippen LogP contribution in [0, 0.1) is 5.92 Å². The van der Waals surface area contributed by atoms with E-state index in [-0.39, 0.29) is 11.9 Å². The van der Waals surface area contributed by atoms with Gasteiger partial charge in [-0.25, -0.2) is 4.79 Å². The summed E-state index contributed by atoms with van der Waals surface area (Å²) in [6.45, 7) is 6.60. The van der Waals surface area contributed by atoms with Crippen molar-refractivity contribution in [3.05, 3.63) is 20.8 Å². The van der Waals surface area contributed by atoms with Crippen LogP contribution in [-0.2, 0) is 4.74 Å². The SMILES string of the molecule is CCOC(=O)N[C@H](CNC(=O)c1ccc(Br)s1)CC(C)C. The third-order valence-corrected chi connectivity index (χ3v) is 4.28. The van der Waals surface area contributed by atoms with E-state index < -0.39 is 6.09 Å². The van der Waals surface area contributed by atoms with Gasteiger partial charge in [-0.05, 0) is 47.3 Å². The number of amides is 2. The molecule has 5 nitrogen and oxygen atoms in total. The zero-order valence-corrected chi connectivity index (χ0v) is 14.8. The Morgan fingerprint density at radius 2 is 2.10 bits per heavy atom. The van der Waals surface area contributed by atoms with Crippen LogP contribution in [-0.4, -0.2) is 31.2 Å². The first-order valence-electron chi connectivity index (χ1n) is 6.89. The molecule has 0 saturated heterocycles. The second-order valence-electron chi connectivity index (χ2n) is 5.01. The molecule has 0 aliphatic rings. The maximum absolute atomic E-state index is 12.0. The Balaban J connectivity index is 2.52. The molecule has 1 aromatic heterocycles. The molecule has 0 fully saturated rings. The Kier molecular flexibility index (Phi) is 7.74. The van der Waals surface area contributed by atoms with E-state index in [9.17, 15) is 9.59 Å². The van der Waals surface area contributed by atoms with Gasteiger partial charge in [0.05, 0.1) is 15.3 Å². The number of carbonyl (C=O) groups is 2. The minimum absolute atomic E-state index is 0.134. The molecular formula is C14H21BrN2O3S. The van der Waals surface area contributed by atoms with Gasteiger partial charge in [0.1, 0.15) is 0 Å². The molecule has 0 aliphatic heterocycles. The number of rotatable bonds is 7. The fourth-order valence-electron chi connectivity index (χ4n) is 1.84. The van der Waals surface area contributed by atoms with Crippen LogP contribution in [0.4, 0.5) is 4.79 Å². The molecule has 0 spiro atoms. The second kappa shape index (κ2) is 9.04. The van der Waals surface area contributed by atoms with E-state index in [4.69, 9.17) is 4.74 Å². The zero-order chi connectivity index (χ0) is 15.8. The number of alkyl carbamates (subject to hydrolysis) is 1. The van der Waals surface area contributed by atoms with E-state index in [1.54, 1.807) is 13.0 Å². The summed E-state index contributed by atoms with van der Waals surface area (Å²) >= 11 is 4.70. The van der Waals surface area contributed by atoms with E-state index in [2.05, 4.69) is 40.4 Å². The summed E-state index contributed by atoms with van der Waals surface area (Å²) in [5.74, 6) is 0.273. The highest BCUT2D eigenvalue weighted by Gasteiger charge is 2.16. The number of carbonyl (C=O) groups excluding carboxylic acids is 2. The van der Waals surface area contributed by atoms with Crippen LogP contribution >= 0.6 is 27.3 Å². The number of thiophene rings is 1. The number of hydrogen-bond donors (Lipinski definition) is 2. The van der Waals surface area contributed by atoms with Gasteiger partial charge in [-0.1, -0.05) is 13.8 Å². The topological polar surface area (TPSA) is 67.4 Å².